The Bertz CT molecular complexity index is 945. The van der Waals surface area contributed by atoms with Crippen molar-refractivity contribution in [3.8, 4) is 5.75 Å². The Hall–Kier alpha value is -2.34. The van der Waals surface area contributed by atoms with Crippen LogP contribution in [0.1, 0.15) is 70.1 Å². The lowest BCUT2D eigenvalue weighted by molar-refractivity contribution is -0.143. The molecule has 0 fully saturated rings. The van der Waals surface area contributed by atoms with Crippen molar-refractivity contribution < 1.29 is 14.3 Å². The average molecular weight is 518 g/mol. The van der Waals surface area contributed by atoms with E-state index in [0.717, 1.165) is 22.0 Å². The Morgan fingerprint density at radius 3 is 2.33 bits per heavy atom. The highest BCUT2D eigenvalue weighted by Gasteiger charge is 2.30. The minimum absolute atomic E-state index is 0.0497. The second-order valence-corrected chi connectivity index (χ2v) is 9.68. The third-order valence-corrected chi connectivity index (χ3v) is 6.58. The summed E-state index contributed by atoms with van der Waals surface area (Å²) in [6.45, 7) is 12.4. The van der Waals surface area contributed by atoms with E-state index >= 15 is 0 Å². The highest BCUT2D eigenvalue weighted by molar-refractivity contribution is 9.10. The fourth-order valence-corrected chi connectivity index (χ4v) is 4.06. The molecule has 6 heteroatoms. The number of rotatable bonds is 11. The summed E-state index contributed by atoms with van der Waals surface area (Å²) < 4.78 is 6.70. The summed E-state index contributed by atoms with van der Waals surface area (Å²) >= 11 is 3.55. The van der Waals surface area contributed by atoms with Crippen molar-refractivity contribution in [3.63, 3.8) is 0 Å². The highest BCUT2D eigenvalue weighted by Crippen LogP contribution is 2.29. The first-order chi connectivity index (χ1) is 15.7. The van der Waals surface area contributed by atoms with Gasteiger partial charge in [0.25, 0.3) is 5.91 Å². The Labute approximate surface area is 207 Å². The van der Waals surface area contributed by atoms with Crippen LogP contribution in [-0.2, 0) is 16.1 Å². The molecule has 0 aromatic heterocycles. The molecule has 0 saturated heterocycles. The van der Waals surface area contributed by atoms with Gasteiger partial charge < -0.3 is 15.0 Å². The number of amides is 2. The summed E-state index contributed by atoms with van der Waals surface area (Å²) in [5.74, 6) is 0.664. The highest BCUT2D eigenvalue weighted by atomic mass is 79.9. The predicted octanol–water partition coefficient (Wildman–Crippen LogP) is 5.98. The molecule has 5 nitrogen and oxygen atoms in total. The van der Waals surface area contributed by atoms with E-state index in [2.05, 4.69) is 35.1 Å². The van der Waals surface area contributed by atoms with Gasteiger partial charge in [-0.2, -0.15) is 0 Å². The van der Waals surface area contributed by atoms with Crippen LogP contribution in [0.2, 0.25) is 0 Å². The van der Waals surface area contributed by atoms with Gasteiger partial charge >= 0.3 is 0 Å². The lowest BCUT2D eigenvalue weighted by atomic mass is 10.0. The number of carbonyl (C=O) groups excluding carboxylic acids is 2. The van der Waals surface area contributed by atoms with Crippen LogP contribution in [0.25, 0.3) is 0 Å². The first-order valence-electron chi connectivity index (χ1n) is 11.7. The van der Waals surface area contributed by atoms with Gasteiger partial charge in [-0.3, -0.25) is 9.59 Å². The number of hydrogen-bond acceptors (Lipinski definition) is 3. The van der Waals surface area contributed by atoms with Crippen molar-refractivity contribution >= 4 is 27.7 Å². The van der Waals surface area contributed by atoms with E-state index < -0.39 is 6.04 Å². The molecule has 180 valence electrons. The number of benzene rings is 2. The monoisotopic (exact) mass is 516 g/mol. The van der Waals surface area contributed by atoms with Gasteiger partial charge in [0.15, 0.2) is 6.61 Å². The molecular weight excluding hydrogens is 480 g/mol. The Morgan fingerprint density at radius 2 is 1.76 bits per heavy atom. The third-order valence-electron chi connectivity index (χ3n) is 5.96. The second-order valence-electron chi connectivity index (χ2n) is 8.82. The topological polar surface area (TPSA) is 58.6 Å². The lowest BCUT2D eigenvalue weighted by Crippen LogP contribution is -2.51. The van der Waals surface area contributed by atoms with E-state index in [4.69, 9.17) is 4.74 Å². The Morgan fingerprint density at radius 1 is 1.06 bits per heavy atom. The maximum atomic E-state index is 13.4. The fourth-order valence-electron chi connectivity index (χ4n) is 3.55. The minimum atomic E-state index is -0.568. The molecule has 0 aliphatic rings. The van der Waals surface area contributed by atoms with Crippen LogP contribution in [0.5, 0.6) is 5.75 Å². The summed E-state index contributed by atoms with van der Waals surface area (Å²) in [5, 5.41) is 3.03. The molecule has 2 aromatic rings. The zero-order chi connectivity index (χ0) is 24.5. The maximum absolute atomic E-state index is 13.4. The van der Waals surface area contributed by atoms with Gasteiger partial charge in [-0.25, -0.2) is 0 Å². The lowest BCUT2D eigenvalue weighted by Gasteiger charge is -2.31. The van der Waals surface area contributed by atoms with Crippen molar-refractivity contribution in [2.24, 2.45) is 0 Å². The average Bonchev–Trinajstić information content (AvgIpc) is 2.78. The Kier molecular flexibility index (Phi) is 10.4. The SMILES string of the molecule is CC[C@H](C(=O)N[C@@H](C)CC)N(Cc1ccccc1C)C(=O)COc1ccc(C(C)C)cc1Br. The number of halogens is 1. The third kappa shape index (κ3) is 7.60. The number of carbonyl (C=O) groups is 2. The van der Waals surface area contributed by atoms with Crippen LogP contribution in [0.4, 0.5) is 0 Å². The van der Waals surface area contributed by atoms with Gasteiger partial charge in [0.05, 0.1) is 4.47 Å². The van der Waals surface area contributed by atoms with E-state index in [9.17, 15) is 9.59 Å². The van der Waals surface area contributed by atoms with Gasteiger partial charge in [-0.05, 0) is 77.4 Å². The standard InChI is InChI=1S/C27H37BrN2O3/c1-7-20(6)29-27(32)24(8-2)30(16-22-12-10-9-11-19(22)5)26(31)17-33-25-14-13-21(18(3)4)15-23(25)28/h9-15,18,20,24H,7-8,16-17H2,1-6H3,(H,29,32)/t20-,24+/m0/s1. The number of hydrogen-bond donors (Lipinski definition) is 1. The van der Waals surface area contributed by atoms with Crippen molar-refractivity contribution in [2.75, 3.05) is 6.61 Å². The summed E-state index contributed by atoms with van der Waals surface area (Å²) in [4.78, 5) is 28.1. The molecule has 0 aliphatic heterocycles. The molecule has 33 heavy (non-hydrogen) atoms. The van der Waals surface area contributed by atoms with Crippen molar-refractivity contribution in [1.29, 1.82) is 0 Å². The second kappa shape index (κ2) is 12.8. The van der Waals surface area contributed by atoms with Crippen molar-refractivity contribution in [3.05, 3.63) is 63.6 Å². The molecular formula is C27H37BrN2O3. The van der Waals surface area contributed by atoms with E-state index in [1.54, 1.807) is 4.90 Å². The van der Waals surface area contributed by atoms with Crippen LogP contribution >= 0.6 is 15.9 Å². The van der Waals surface area contributed by atoms with Gasteiger partial charge in [0.1, 0.15) is 11.8 Å². The minimum Gasteiger partial charge on any atom is -0.483 e. The number of aryl methyl sites for hydroxylation is 1. The molecule has 1 N–H and O–H groups in total. The summed E-state index contributed by atoms with van der Waals surface area (Å²) in [6, 6.07) is 13.3. The van der Waals surface area contributed by atoms with Crippen LogP contribution in [0.15, 0.2) is 46.9 Å². The zero-order valence-electron chi connectivity index (χ0n) is 20.7. The van der Waals surface area contributed by atoms with Crippen LogP contribution in [-0.4, -0.2) is 35.4 Å². The molecule has 2 amide bonds. The molecule has 0 radical (unpaired) electrons. The largest absolute Gasteiger partial charge is 0.483 e. The summed E-state index contributed by atoms with van der Waals surface area (Å²) in [7, 11) is 0. The zero-order valence-corrected chi connectivity index (χ0v) is 22.2. The first kappa shape index (κ1) is 26.9. The number of ether oxygens (including phenoxy) is 1. The van der Waals surface area contributed by atoms with Gasteiger partial charge in [-0.1, -0.05) is 58.0 Å². The van der Waals surface area contributed by atoms with Gasteiger partial charge in [-0.15, -0.1) is 0 Å². The van der Waals surface area contributed by atoms with Crippen LogP contribution in [0, 0.1) is 6.92 Å². The smallest absolute Gasteiger partial charge is 0.261 e. The van der Waals surface area contributed by atoms with Gasteiger partial charge in [0.2, 0.25) is 5.91 Å². The molecule has 0 saturated carbocycles. The van der Waals surface area contributed by atoms with E-state index in [-0.39, 0.29) is 24.5 Å². The molecule has 2 atom stereocenters. The van der Waals surface area contributed by atoms with Crippen molar-refractivity contribution in [2.45, 2.75) is 78.9 Å². The molecule has 0 unspecified atom stereocenters. The molecule has 0 aliphatic carbocycles. The summed E-state index contributed by atoms with van der Waals surface area (Å²) in [6.07, 6.45) is 1.35. The first-order valence-corrected chi connectivity index (χ1v) is 12.5. The molecule has 2 rings (SSSR count). The molecule has 0 bridgehead atoms. The van der Waals surface area contributed by atoms with Crippen molar-refractivity contribution in [1.82, 2.24) is 10.2 Å². The number of nitrogens with zero attached hydrogens (tertiary/aromatic N) is 1. The number of nitrogens with one attached hydrogen (secondary N) is 1. The van der Waals surface area contributed by atoms with E-state index in [1.807, 2.05) is 70.2 Å². The van der Waals surface area contributed by atoms with Crippen LogP contribution < -0.4 is 10.1 Å². The van der Waals surface area contributed by atoms with E-state index in [1.165, 1.54) is 5.56 Å². The van der Waals surface area contributed by atoms with Crippen LogP contribution in [0.3, 0.4) is 0 Å². The molecule has 2 aromatic carbocycles. The normalized spacial score (nSPS) is 12.8. The molecule has 0 heterocycles. The van der Waals surface area contributed by atoms with E-state index in [0.29, 0.717) is 24.6 Å². The quantitative estimate of drug-likeness (QED) is 0.399. The molecule has 0 spiro atoms. The Balaban J connectivity index is 2.25. The fraction of sp³-hybridized carbons (Fsp3) is 0.481. The summed E-state index contributed by atoms with van der Waals surface area (Å²) in [5.41, 5.74) is 3.29. The van der Waals surface area contributed by atoms with Gasteiger partial charge in [0, 0.05) is 12.6 Å². The predicted molar refractivity (Wildman–Crippen MR) is 137 cm³/mol. The maximum Gasteiger partial charge on any atom is 0.261 e.